The van der Waals surface area contributed by atoms with Crippen molar-refractivity contribution in [3.8, 4) is 11.8 Å². The van der Waals surface area contributed by atoms with Crippen molar-refractivity contribution in [2.45, 2.75) is 26.1 Å². The molecular formula is C23H20ClF3N4O2. The van der Waals surface area contributed by atoms with Crippen molar-refractivity contribution in [3.05, 3.63) is 74.8 Å². The maximum Gasteiger partial charge on any atom is 0.416 e. The van der Waals surface area contributed by atoms with Gasteiger partial charge in [0.15, 0.2) is 0 Å². The van der Waals surface area contributed by atoms with E-state index in [0.29, 0.717) is 34.7 Å². The van der Waals surface area contributed by atoms with Crippen LogP contribution in [0.1, 0.15) is 30.3 Å². The number of nitrogens with zero attached hydrogens (tertiary/aromatic N) is 2. The van der Waals surface area contributed by atoms with Gasteiger partial charge in [-0.15, -0.1) is 0 Å². The number of carbonyl (C=O) groups excluding carboxylic acids is 1. The quantitative estimate of drug-likeness (QED) is 0.530. The molecule has 0 aliphatic carbocycles. The summed E-state index contributed by atoms with van der Waals surface area (Å²) >= 11 is 5.98. The molecule has 3 aromatic rings. The monoisotopic (exact) mass is 476 g/mol. The second-order valence-electron chi connectivity index (χ2n) is 7.13. The number of benzene rings is 2. The van der Waals surface area contributed by atoms with E-state index in [4.69, 9.17) is 11.6 Å². The SMILES string of the molecule is CCCN(Cc1nc2cc(Cl)ccc2c(=O)[nH]1)C(=O)NCC#Cc1cccc(C(F)(F)F)c1. The zero-order valence-electron chi connectivity index (χ0n) is 17.6. The summed E-state index contributed by atoms with van der Waals surface area (Å²) in [7, 11) is 0. The van der Waals surface area contributed by atoms with Gasteiger partial charge in [-0.2, -0.15) is 13.2 Å². The molecule has 1 aromatic heterocycles. The molecule has 0 bridgehead atoms. The highest BCUT2D eigenvalue weighted by atomic mass is 35.5. The molecule has 2 aromatic carbocycles. The van der Waals surface area contributed by atoms with Crippen molar-refractivity contribution in [1.82, 2.24) is 20.2 Å². The van der Waals surface area contributed by atoms with Crippen LogP contribution in [0.5, 0.6) is 0 Å². The van der Waals surface area contributed by atoms with Crippen molar-refractivity contribution in [2.75, 3.05) is 13.1 Å². The molecular weight excluding hydrogens is 457 g/mol. The van der Waals surface area contributed by atoms with E-state index in [1.165, 1.54) is 17.0 Å². The van der Waals surface area contributed by atoms with Gasteiger partial charge in [0.25, 0.3) is 5.56 Å². The Hall–Kier alpha value is -3.51. The number of fused-ring (bicyclic) bond motifs is 1. The molecule has 10 heteroatoms. The van der Waals surface area contributed by atoms with Gasteiger partial charge in [0.1, 0.15) is 5.82 Å². The van der Waals surface area contributed by atoms with Gasteiger partial charge in [0, 0.05) is 17.1 Å². The number of urea groups is 1. The first kappa shape index (κ1) is 24.1. The first-order chi connectivity index (χ1) is 15.7. The first-order valence-corrected chi connectivity index (χ1v) is 10.4. The van der Waals surface area contributed by atoms with Gasteiger partial charge in [0.05, 0.1) is 29.6 Å². The van der Waals surface area contributed by atoms with E-state index in [0.717, 1.165) is 12.1 Å². The molecule has 0 fully saturated rings. The molecule has 2 N–H and O–H groups in total. The molecule has 0 saturated heterocycles. The van der Waals surface area contributed by atoms with Crippen LogP contribution < -0.4 is 10.9 Å². The number of aromatic amines is 1. The lowest BCUT2D eigenvalue weighted by molar-refractivity contribution is -0.137. The fourth-order valence-corrected chi connectivity index (χ4v) is 3.26. The second-order valence-corrected chi connectivity index (χ2v) is 7.57. The van der Waals surface area contributed by atoms with Gasteiger partial charge < -0.3 is 15.2 Å². The Labute approximate surface area is 192 Å². The number of alkyl halides is 3. The Balaban J connectivity index is 1.68. The van der Waals surface area contributed by atoms with Crippen LogP contribution in [-0.2, 0) is 12.7 Å². The number of hydrogen-bond acceptors (Lipinski definition) is 3. The number of halogens is 4. The van der Waals surface area contributed by atoms with E-state index < -0.39 is 17.8 Å². The average Bonchev–Trinajstić information content (AvgIpc) is 2.75. The Morgan fingerprint density at radius 3 is 2.76 bits per heavy atom. The van der Waals surface area contributed by atoms with Gasteiger partial charge in [0.2, 0.25) is 0 Å². The number of H-pyrrole nitrogens is 1. The summed E-state index contributed by atoms with van der Waals surface area (Å²) in [5, 5.41) is 3.44. The Bertz CT molecular complexity index is 1280. The number of carbonyl (C=O) groups is 1. The highest BCUT2D eigenvalue weighted by Gasteiger charge is 2.30. The van der Waals surface area contributed by atoms with Crippen LogP contribution in [0.15, 0.2) is 47.3 Å². The standard InChI is InChI=1S/C23H20ClF3N4O2/c1-2-11-31(14-20-29-19-13-17(24)8-9-18(19)21(32)30-20)22(33)28-10-4-6-15-5-3-7-16(12-15)23(25,26)27/h3,5,7-9,12-13H,2,10-11,14H2,1H3,(H,28,33)(H,29,30,32). The minimum Gasteiger partial charge on any atom is -0.327 e. The summed E-state index contributed by atoms with van der Waals surface area (Å²) in [5.41, 5.74) is -0.507. The minimum absolute atomic E-state index is 0.0540. The largest absolute Gasteiger partial charge is 0.416 e. The van der Waals surface area contributed by atoms with Crippen LogP contribution in [0.3, 0.4) is 0 Å². The third kappa shape index (κ3) is 6.49. The smallest absolute Gasteiger partial charge is 0.327 e. The number of aromatic nitrogens is 2. The minimum atomic E-state index is -4.45. The Morgan fingerprint density at radius 2 is 2.03 bits per heavy atom. The summed E-state index contributed by atoms with van der Waals surface area (Å²) in [6, 6.07) is 8.96. The summed E-state index contributed by atoms with van der Waals surface area (Å²) < 4.78 is 38.4. The molecule has 0 spiro atoms. The van der Waals surface area contributed by atoms with Gasteiger partial charge in [-0.3, -0.25) is 4.79 Å². The molecule has 1 heterocycles. The van der Waals surface area contributed by atoms with Crippen molar-refractivity contribution < 1.29 is 18.0 Å². The van der Waals surface area contributed by atoms with Gasteiger partial charge in [-0.1, -0.05) is 36.4 Å². The summed E-state index contributed by atoms with van der Waals surface area (Å²) in [4.78, 5) is 33.4. The highest BCUT2D eigenvalue weighted by molar-refractivity contribution is 6.31. The van der Waals surface area contributed by atoms with Crippen molar-refractivity contribution >= 4 is 28.5 Å². The molecule has 0 aliphatic heterocycles. The molecule has 3 rings (SSSR count). The van der Waals surface area contributed by atoms with Crippen molar-refractivity contribution in [3.63, 3.8) is 0 Å². The topological polar surface area (TPSA) is 78.1 Å². The van der Waals surface area contributed by atoms with E-state index in [-0.39, 0.29) is 24.2 Å². The highest BCUT2D eigenvalue weighted by Crippen LogP contribution is 2.29. The summed E-state index contributed by atoms with van der Waals surface area (Å²) in [5.74, 6) is 5.56. The van der Waals surface area contributed by atoms with Crippen LogP contribution in [0.2, 0.25) is 5.02 Å². The van der Waals surface area contributed by atoms with Crippen molar-refractivity contribution in [2.24, 2.45) is 0 Å². The van der Waals surface area contributed by atoms with E-state index in [2.05, 4.69) is 27.1 Å². The predicted octanol–water partition coefficient (Wildman–Crippen LogP) is 4.57. The molecule has 0 saturated carbocycles. The predicted molar refractivity (Wildman–Crippen MR) is 120 cm³/mol. The number of nitrogens with one attached hydrogen (secondary N) is 2. The number of amides is 2. The fourth-order valence-electron chi connectivity index (χ4n) is 3.09. The lowest BCUT2D eigenvalue weighted by Crippen LogP contribution is -2.40. The molecule has 172 valence electrons. The third-order valence-electron chi connectivity index (χ3n) is 4.59. The molecule has 0 radical (unpaired) electrons. The van der Waals surface area contributed by atoms with Crippen LogP contribution in [-0.4, -0.2) is 34.0 Å². The zero-order chi connectivity index (χ0) is 24.0. The average molecular weight is 477 g/mol. The summed E-state index contributed by atoms with van der Waals surface area (Å²) in [6.07, 6.45) is -3.79. The van der Waals surface area contributed by atoms with E-state index in [1.807, 2.05) is 6.92 Å². The maximum absolute atomic E-state index is 12.8. The van der Waals surface area contributed by atoms with Crippen LogP contribution >= 0.6 is 11.6 Å². The number of rotatable bonds is 5. The molecule has 2 amide bonds. The summed E-state index contributed by atoms with van der Waals surface area (Å²) in [6.45, 7) is 2.28. The van der Waals surface area contributed by atoms with Crippen LogP contribution in [0.4, 0.5) is 18.0 Å². The number of hydrogen-bond donors (Lipinski definition) is 2. The first-order valence-electron chi connectivity index (χ1n) is 10.0. The Morgan fingerprint density at radius 1 is 1.24 bits per heavy atom. The normalized spacial score (nSPS) is 11.1. The van der Waals surface area contributed by atoms with Crippen LogP contribution in [0.25, 0.3) is 10.9 Å². The van der Waals surface area contributed by atoms with Gasteiger partial charge in [-0.25, -0.2) is 9.78 Å². The van der Waals surface area contributed by atoms with Gasteiger partial charge in [-0.05, 0) is 42.8 Å². The lowest BCUT2D eigenvalue weighted by atomic mass is 10.1. The van der Waals surface area contributed by atoms with Crippen LogP contribution in [0, 0.1) is 11.8 Å². The fraction of sp³-hybridized carbons (Fsp3) is 0.261. The molecule has 6 nitrogen and oxygen atoms in total. The maximum atomic E-state index is 12.8. The van der Waals surface area contributed by atoms with Crippen molar-refractivity contribution in [1.29, 1.82) is 0 Å². The van der Waals surface area contributed by atoms with E-state index in [1.54, 1.807) is 18.2 Å². The zero-order valence-corrected chi connectivity index (χ0v) is 18.3. The molecule has 0 atom stereocenters. The van der Waals surface area contributed by atoms with Gasteiger partial charge >= 0.3 is 12.2 Å². The van der Waals surface area contributed by atoms with E-state index in [9.17, 15) is 22.8 Å². The Kier molecular flexibility index (Phi) is 7.61. The third-order valence-corrected chi connectivity index (χ3v) is 4.82. The molecule has 0 aliphatic rings. The molecule has 0 unspecified atom stereocenters. The second kappa shape index (κ2) is 10.4. The van der Waals surface area contributed by atoms with E-state index >= 15 is 0 Å². The lowest BCUT2D eigenvalue weighted by Gasteiger charge is -2.21. The molecule has 33 heavy (non-hydrogen) atoms.